The number of sulfonamides is 1. The van der Waals surface area contributed by atoms with Crippen molar-refractivity contribution in [2.24, 2.45) is 0 Å². The standard InChI is InChI=1S/C26H24N2O4S/c1-19-13-20(2)15-23(14-19)26(30)28(3,33(31,32)25-7-5-4-6-8-25)24(18-29)16-21-9-11-22(17-27)12-10-21/h4-15,24H,16H2,1-3H3/q+1/t24-,28?/m0/s1. The number of carbonyl (C=O) groups is 1. The smallest absolute Gasteiger partial charge is 0.284 e. The van der Waals surface area contributed by atoms with Gasteiger partial charge in [0, 0.05) is 6.42 Å². The summed E-state index contributed by atoms with van der Waals surface area (Å²) in [6.07, 6.45) is 1.79. The normalized spacial score (nSPS) is 14.0. The summed E-state index contributed by atoms with van der Waals surface area (Å²) < 4.78 is 26.5. The van der Waals surface area contributed by atoms with Gasteiger partial charge in [-0.25, -0.2) is 4.79 Å². The molecule has 167 valence electrons. The van der Waals surface area contributed by atoms with Gasteiger partial charge in [-0.1, -0.05) is 36.4 Å². The topological polar surface area (TPSA) is 92.1 Å². The summed E-state index contributed by atoms with van der Waals surface area (Å²) in [4.78, 5) is 26.0. The van der Waals surface area contributed by atoms with E-state index in [1.54, 1.807) is 54.6 Å². The van der Waals surface area contributed by atoms with Crippen molar-refractivity contribution in [3.8, 4) is 6.07 Å². The van der Waals surface area contributed by atoms with E-state index in [2.05, 4.69) is 0 Å². The molecular weight excluding hydrogens is 436 g/mol. The van der Waals surface area contributed by atoms with Crippen LogP contribution < -0.4 is 0 Å². The third kappa shape index (κ3) is 4.63. The Balaban J connectivity index is 2.19. The minimum atomic E-state index is -4.34. The highest BCUT2D eigenvalue weighted by Gasteiger charge is 2.53. The lowest BCUT2D eigenvalue weighted by Crippen LogP contribution is -2.61. The molecule has 0 fully saturated rings. The molecule has 1 radical (unpaired) electrons. The summed E-state index contributed by atoms with van der Waals surface area (Å²) in [6.45, 7) is 3.64. The van der Waals surface area contributed by atoms with Crippen LogP contribution in [0.4, 0.5) is 0 Å². The van der Waals surface area contributed by atoms with Crippen LogP contribution in [0.25, 0.3) is 0 Å². The Morgan fingerprint density at radius 2 is 1.55 bits per heavy atom. The lowest BCUT2D eigenvalue weighted by molar-refractivity contribution is -0.714. The highest BCUT2D eigenvalue weighted by atomic mass is 32.2. The summed E-state index contributed by atoms with van der Waals surface area (Å²) >= 11 is 0. The summed E-state index contributed by atoms with van der Waals surface area (Å²) in [7, 11) is -3.09. The monoisotopic (exact) mass is 460 g/mol. The van der Waals surface area contributed by atoms with Crippen molar-refractivity contribution in [2.75, 3.05) is 7.05 Å². The Morgan fingerprint density at radius 1 is 0.970 bits per heavy atom. The van der Waals surface area contributed by atoms with Gasteiger partial charge in [0.15, 0.2) is 6.04 Å². The molecule has 0 aliphatic heterocycles. The largest absolute Gasteiger partial charge is 0.361 e. The van der Waals surface area contributed by atoms with E-state index in [0.717, 1.165) is 11.1 Å². The van der Waals surface area contributed by atoms with E-state index in [1.807, 2.05) is 32.3 Å². The van der Waals surface area contributed by atoms with Gasteiger partial charge in [-0.05, 0) is 66.9 Å². The van der Waals surface area contributed by atoms with E-state index < -0.39 is 25.9 Å². The second kappa shape index (κ2) is 9.49. The summed E-state index contributed by atoms with van der Waals surface area (Å²) in [5, 5.41) is 9.02. The average Bonchev–Trinajstić information content (AvgIpc) is 2.81. The number of amides is 1. The fraction of sp³-hybridized carbons (Fsp3) is 0.192. The molecule has 3 aromatic rings. The predicted octanol–water partition coefficient (Wildman–Crippen LogP) is 3.87. The zero-order valence-corrected chi connectivity index (χ0v) is 19.5. The second-order valence-electron chi connectivity index (χ2n) is 8.11. The number of carbonyl (C=O) groups excluding carboxylic acids is 2. The molecule has 3 rings (SSSR count). The number of aryl methyl sites for hydroxylation is 2. The van der Waals surface area contributed by atoms with E-state index in [1.165, 1.54) is 19.2 Å². The Labute approximate surface area is 194 Å². The fourth-order valence-electron chi connectivity index (χ4n) is 3.84. The zero-order valence-electron chi connectivity index (χ0n) is 18.6. The molecule has 0 aliphatic rings. The van der Waals surface area contributed by atoms with Crippen molar-refractivity contribution in [2.45, 2.75) is 31.2 Å². The van der Waals surface area contributed by atoms with Crippen molar-refractivity contribution in [1.29, 1.82) is 5.26 Å². The second-order valence-corrected chi connectivity index (χ2v) is 10.3. The molecule has 1 amide bonds. The van der Waals surface area contributed by atoms with Crippen LogP contribution >= 0.6 is 0 Å². The van der Waals surface area contributed by atoms with E-state index in [4.69, 9.17) is 5.26 Å². The molecule has 3 aromatic carbocycles. The number of hydrogen-bond donors (Lipinski definition) is 0. The molecule has 33 heavy (non-hydrogen) atoms. The van der Waals surface area contributed by atoms with Crippen molar-refractivity contribution < 1.29 is 21.9 Å². The number of benzene rings is 3. The third-order valence-electron chi connectivity index (χ3n) is 5.66. The number of nitriles is 1. The maximum Gasteiger partial charge on any atom is 0.361 e. The predicted molar refractivity (Wildman–Crippen MR) is 124 cm³/mol. The van der Waals surface area contributed by atoms with Crippen LogP contribution in [0.3, 0.4) is 0 Å². The van der Waals surface area contributed by atoms with Gasteiger partial charge in [-0.15, -0.1) is 3.89 Å². The minimum Gasteiger partial charge on any atom is -0.284 e. The lowest BCUT2D eigenvalue weighted by atomic mass is 10.0. The van der Waals surface area contributed by atoms with Gasteiger partial charge in [0.25, 0.3) is 6.29 Å². The van der Waals surface area contributed by atoms with Crippen LogP contribution in [0.5, 0.6) is 0 Å². The SMILES string of the molecule is Cc1cc(C)cc(C(=O)[N+](C)([C@H]([C]=O)Cc2ccc(C#N)cc2)S(=O)(=O)c2ccccc2)c1. The molecule has 1 unspecified atom stereocenters. The van der Waals surface area contributed by atoms with Crippen LogP contribution in [-0.2, 0) is 21.2 Å². The van der Waals surface area contributed by atoms with Gasteiger partial charge in [-0.2, -0.15) is 13.7 Å². The molecule has 0 N–H and O–H groups in total. The zero-order chi connectivity index (χ0) is 24.2. The number of hydrogen-bond acceptors (Lipinski definition) is 5. The number of likely N-dealkylation sites (N-methyl/N-ethyl adjacent to an activating group) is 1. The molecule has 2 atom stereocenters. The van der Waals surface area contributed by atoms with Crippen LogP contribution in [0.1, 0.15) is 32.6 Å². The van der Waals surface area contributed by atoms with Crippen LogP contribution in [0.15, 0.2) is 77.7 Å². The Hall–Kier alpha value is -3.60. The maximum atomic E-state index is 13.9. The fourth-order valence-corrected chi connectivity index (χ4v) is 5.55. The molecule has 6 nitrogen and oxygen atoms in total. The van der Waals surface area contributed by atoms with Crippen molar-refractivity contribution >= 4 is 22.2 Å². The van der Waals surface area contributed by atoms with E-state index in [-0.39, 0.29) is 16.9 Å². The number of rotatable bonds is 7. The van der Waals surface area contributed by atoms with Gasteiger partial charge in [0.05, 0.1) is 24.2 Å². The molecule has 0 heterocycles. The first-order valence-corrected chi connectivity index (χ1v) is 11.7. The van der Waals surface area contributed by atoms with Crippen molar-refractivity contribution in [3.05, 3.63) is 101 Å². The first-order valence-electron chi connectivity index (χ1n) is 10.3. The van der Waals surface area contributed by atoms with Gasteiger partial charge >= 0.3 is 15.9 Å². The summed E-state index contributed by atoms with van der Waals surface area (Å²) in [5.74, 6) is -0.715. The lowest BCUT2D eigenvalue weighted by Gasteiger charge is -2.34. The Kier molecular flexibility index (Phi) is 6.92. The quantitative estimate of drug-likeness (QED) is 0.499. The molecule has 7 heteroatoms. The summed E-state index contributed by atoms with van der Waals surface area (Å²) in [5.41, 5.74) is 2.87. The molecular formula is C26H24N2O4S+. The first kappa shape index (κ1) is 24.1. The van der Waals surface area contributed by atoms with Gasteiger partial charge in [0.1, 0.15) is 4.90 Å². The molecule has 0 saturated carbocycles. The van der Waals surface area contributed by atoms with E-state index >= 15 is 0 Å². The third-order valence-corrected chi connectivity index (χ3v) is 7.94. The van der Waals surface area contributed by atoms with E-state index in [0.29, 0.717) is 11.1 Å². The van der Waals surface area contributed by atoms with Gasteiger partial charge in [0.2, 0.25) is 0 Å². The Bertz CT molecular complexity index is 1310. The maximum absolute atomic E-state index is 13.9. The number of nitrogens with zero attached hydrogens (tertiary/aromatic N) is 2. The van der Waals surface area contributed by atoms with Crippen molar-refractivity contribution in [1.82, 2.24) is 0 Å². The van der Waals surface area contributed by atoms with Crippen LogP contribution in [0.2, 0.25) is 0 Å². The first-order chi connectivity index (χ1) is 15.6. The minimum absolute atomic E-state index is 0.0473. The van der Waals surface area contributed by atoms with Crippen LogP contribution in [0, 0.1) is 25.2 Å². The molecule has 0 aliphatic carbocycles. The summed E-state index contributed by atoms with van der Waals surface area (Å²) in [6, 6.07) is 19.9. The highest BCUT2D eigenvalue weighted by Crippen LogP contribution is 2.30. The number of quaternary nitrogens is 1. The molecule has 0 spiro atoms. The van der Waals surface area contributed by atoms with Crippen molar-refractivity contribution in [3.63, 3.8) is 0 Å². The van der Waals surface area contributed by atoms with E-state index in [9.17, 15) is 18.0 Å². The van der Waals surface area contributed by atoms with Gasteiger partial charge < -0.3 is 0 Å². The average molecular weight is 461 g/mol. The highest BCUT2D eigenvalue weighted by molar-refractivity contribution is 7.86. The molecule has 0 aromatic heterocycles. The molecule has 0 saturated heterocycles. The van der Waals surface area contributed by atoms with Crippen LogP contribution in [-0.4, -0.2) is 37.6 Å². The van der Waals surface area contributed by atoms with Gasteiger partial charge in [-0.3, -0.25) is 4.79 Å². The molecule has 0 bridgehead atoms. The Morgan fingerprint density at radius 3 is 2.06 bits per heavy atom.